The van der Waals surface area contributed by atoms with Gasteiger partial charge < -0.3 is 10.2 Å². The molecule has 0 radical (unpaired) electrons. The molecule has 0 fully saturated rings. The van der Waals surface area contributed by atoms with Crippen LogP contribution in [-0.4, -0.2) is 19.5 Å². The van der Waals surface area contributed by atoms with Crippen LogP contribution in [0.2, 0.25) is 0 Å². The largest absolute Gasteiger partial charge is 0.326 e. The summed E-state index contributed by atoms with van der Waals surface area (Å²) in [4.78, 5) is 13.3. The van der Waals surface area contributed by atoms with E-state index in [0.717, 1.165) is 22.7 Å². The number of rotatable bonds is 7. The van der Waals surface area contributed by atoms with Gasteiger partial charge in [0.1, 0.15) is 6.54 Å². The van der Waals surface area contributed by atoms with Crippen molar-refractivity contribution in [1.82, 2.24) is 0 Å². The summed E-state index contributed by atoms with van der Waals surface area (Å²) < 4.78 is 0. The molecule has 2 aromatic rings. The van der Waals surface area contributed by atoms with E-state index in [1.807, 2.05) is 31.3 Å². The van der Waals surface area contributed by atoms with Crippen molar-refractivity contribution in [2.24, 2.45) is 0 Å². The molecule has 2 rings (SSSR count). The maximum Gasteiger partial charge on any atom is 0.279 e. The molecule has 25 heavy (non-hydrogen) atoms. The minimum atomic E-state index is -0.00988. The van der Waals surface area contributed by atoms with Gasteiger partial charge in [0.15, 0.2) is 6.54 Å². The van der Waals surface area contributed by atoms with Crippen LogP contribution in [0.25, 0.3) is 0 Å². The number of nitrogens with zero attached hydrogens (tertiary/aromatic N) is 1. The molecule has 0 aliphatic heterocycles. The molecule has 0 aliphatic carbocycles. The van der Waals surface area contributed by atoms with E-state index in [-0.39, 0.29) is 5.91 Å². The minimum Gasteiger partial charge on any atom is -0.326 e. The Morgan fingerprint density at radius 3 is 2.24 bits per heavy atom. The Morgan fingerprint density at radius 2 is 1.68 bits per heavy atom. The predicted octanol–water partition coefficient (Wildman–Crippen LogP) is 2.53. The van der Waals surface area contributed by atoms with Crippen LogP contribution in [0.15, 0.2) is 48.5 Å². The molecule has 0 bridgehead atoms. The first-order valence-corrected chi connectivity index (χ1v) is 8.64. The van der Waals surface area contributed by atoms with Crippen molar-refractivity contribution in [2.75, 3.05) is 18.9 Å². The molecule has 4 heteroatoms. The molecule has 1 unspecified atom stereocenters. The van der Waals surface area contributed by atoms with Gasteiger partial charge in [-0.1, -0.05) is 50.2 Å². The van der Waals surface area contributed by atoms with Crippen LogP contribution >= 0.6 is 0 Å². The summed E-state index contributed by atoms with van der Waals surface area (Å²) in [5.74, 6) is 0.522. The maximum absolute atomic E-state index is 12.2. The zero-order valence-electron chi connectivity index (χ0n) is 15.2. The summed E-state index contributed by atoms with van der Waals surface area (Å²) in [6.07, 6.45) is 0.386. The summed E-state index contributed by atoms with van der Waals surface area (Å²) in [5, 5.41) is 11.6. The first-order chi connectivity index (χ1) is 12.0. The van der Waals surface area contributed by atoms with Crippen LogP contribution < -0.4 is 10.2 Å². The van der Waals surface area contributed by atoms with Crippen LogP contribution in [0.3, 0.4) is 0 Å². The van der Waals surface area contributed by atoms with Gasteiger partial charge in [0.05, 0.1) is 19.5 Å². The Morgan fingerprint density at radius 1 is 1.08 bits per heavy atom. The minimum absolute atomic E-state index is 0.00988. The normalized spacial score (nSPS) is 11.8. The topological polar surface area (TPSA) is 57.3 Å². The van der Waals surface area contributed by atoms with Crippen molar-refractivity contribution in [2.45, 2.75) is 32.7 Å². The predicted molar refractivity (Wildman–Crippen MR) is 100 cm³/mol. The second kappa shape index (κ2) is 9.00. The third-order valence-corrected chi connectivity index (χ3v) is 4.14. The maximum atomic E-state index is 12.2. The summed E-state index contributed by atoms with van der Waals surface area (Å²) in [6, 6.07) is 18.1. The standard InChI is InChI=1S/C21H25N3O/c1-16(2)19-8-4-18(5-9-19)14-24(3)15-21(25)23-20-10-6-17(7-11-20)12-13-22/h4-11,16H,12,14-15H2,1-3H3,(H,23,25)/p+1. The number of benzene rings is 2. The van der Waals surface area contributed by atoms with E-state index in [0.29, 0.717) is 18.9 Å². The molecule has 2 aromatic carbocycles. The number of likely N-dealkylation sites (N-methyl/N-ethyl adjacent to an activating group) is 1. The number of anilines is 1. The third kappa shape index (κ3) is 6.06. The molecule has 1 atom stereocenters. The van der Waals surface area contributed by atoms with E-state index >= 15 is 0 Å². The molecular weight excluding hydrogens is 310 g/mol. The fraction of sp³-hybridized carbons (Fsp3) is 0.333. The summed E-state index contributed by atoms with van der Waals surface area (Å²) >= 11 is 0. The molecule has 0 aliphatic rings. The van der Waals surface area contributed by atoms with Crippen molar-refractivity contribution in [3.05, 3.63) is 65.2 Å². The van der Waals surface area contributed by atoms with Crippen LogP contribution in [0, 0.1) is 11.3 Å². The number of carbonyl (C=O) groups excluding carboxylic acids is 1. The van der Waals surface area contributed by atoms with Crippen LogP contribution in [0.5, 0.6) is 0 Å². The highest BCUT2D eigenvalue weighted by Crippen LogP contribution is 2.14. The van der Waals surface area contributed by atoms with Gasteiger partial charge in [0.2, 0.25) is 0 Å². The number of quaternary nitrogens is 1. The number of carbonyl (C=O) groups is 1. The first-order valence-electron chi connectivity index (χ1n) is 8.64. The fourth-order valence-corrected chi connectivity index (χ4v) is 2.71. The van der Waals surface area contributed by atoms with Crippen molar-refractivity contribution < 1.29 is 9.69 Å². The SMILES string of the molecule is CC(C)c1ccc(C[NH+](C)CC(=O)Nc2ccc(CC#N)cc2)cc1. The number of nitrogens with one attached hydrogen (secondary N) is 2. The zero-order chi connectivity index (χ0) is 18.2. The lowest BCUT2D eigenvalue weighted by Gasteiger charge is -2.15. The Kier molecular flexibility index (Phi) is 6.73. The van der Waals surface area contributed by atoms with Gasteiger partial charge >= 0.3 is 0 Å². The van der Waals surface area contributed by atoms with Crippen molar-refractivity contribution in [3.63, 3.8) is 0 Å². The number of nitriles is 1. The molecule has 2 N–H and O–H groups in total. The second-order valence-electron chi connectivity index (χ2n) is 6.79. The zero-order valence-corrected chi connectivity index (χ0v) is 15.2. The van der Waals surface area contributed by atoms with Crippen LogP contribution in [0.4, 0.5) is 5.69 Å². The lowest BCUT2D eigenvalue weighted by molar-refractivity contribution is -0.885. The third-order valence-electron chi connectivity index (χ3n) is 4.14. The molecule has 0 saturated heterocycles. The van der Waals surface area contributed by atoms with Gasteiger partial charge in [0, 0.05) is 11.3 Å². The Bertz CT molecular complexity index is 727. The van der Waals surface area contributed by atoms with Gasteiger partial charge in [-0.05, 0) is 29.2 Å². The molecule has 0 saturated carbocycles. The van der Waals surface area contributed by atoms with Gasteiger partial charge in [-0.2, -0.15) is 5.26 Å². The Labute approximate surface area is 150 Å². The van der Waals surface area contributed by atoms with Gasteiger partial charge in [0.25, 0.3) is 5.91 Å². The fourth-order valence-electron chi connectivity index (χ4n) is 2.71. The van der Waals surface area contributed by atoms with E-state index in [4.69, 9.17) is 5.26 Å². The number of amides is 1. The van der Waals surface area contributed by atoms with Crippen molar-refractivity contribution >= 4 is 11.6 Å². The molecule has 0 heterocycles. The molecule has 0 spiro atoms. The average Bonchev–Trinajstić information content (AvgIpc) is 2.57. The Hall–Kier alpha value is -2.64. The first kappa shape index (κ1) is 18.7. The number of hydrogen-bond donors (Lipinski definition) is 2. The molecule has 4 nitrogen and oxygen atoms in total. The van der Waals surface area contributed by atoms with Crippen LogP contribution in [-0.2, 0) is 17.8 Å². The summed E-state index contributed by atoms with van der Waals surface area (Å²) in [5.41, 5.74) is 4.28. The van der Waals surface area contributed by atoms with Gasteiger partial charge in [-0.25, -0.2) is 0 Å². The van der Waals surface area contributed by atoms with E-state index in [2.05, 4.69) is 49.5 Å². The summed E-state index contributed by atoms with van der Waals surface area (Å²) in [6.45, 7) is 5.59. The highest BCUT2D eigenvalue weighted by molar-refractivity contribution is 5.91. The molecule has 130 valence electrons. The lowest BCUT2D eigenvalue weighted by atomic mass is 10.0. The van der Waals surface area contributed by atoms with E-state index in [1.54, 1.807) is 0 Å². The number of hydrogen-bond acceptors (Lipinski definition) is 2. The van der Waals surface area contributed by atoms with E-state index in [1.165, 1.54) is 11.1 Å². The van der Waals surface area contributed by atoms with Gasteiger partial charge in [-0.3, -0.25) is 4.79 Å². The van der Waals surface area contributed by atoms with E-state index < -0.39 is 0 Å². The van der Waals surface area contributed by atoms with E-state index in [9.17, 15) is 4.79 Å². The average molecular weight is 336 g/mol. The summed E-state index contributed by atoms with van der Waals surface area (Å²) in [7, 11) is 2.02. The molecular formula is C21H26N3O+. The molecule has 1 amide bonds. The highest BCUT2D eigenvalue weighted by atomic mass is 16.2. The highest BCUT2D eigenvalue weighted by Gasteiger charge is 2.11. The molecule has 0 aromatic heterocycles. The van der Waals surface area contributed by atoms with Crippen molar-refractivity contribution in [1.29, 1.82) is 5.26 Å². The Balaban J connectivity index is 1.84. The smallest absolute Gasteiger partial charge is 0.279 e. The monoisotopic (exact) mass is 336 g/mol. The second-order valence-corrected chi connectivity index (χ2v) is 6.79. The van der Waals surface area contributed by atoms with Gasteiger partial charge in [-0.15, -0.1) is 0 Å². The lowest BCUT2D eigenvalue weighted by Crippen LogP contribution is -3.08. The van der Waals surface area contributed by atoms with Crippen LogP contribution in [0.1, 0.15) is 36.5 Å². The van der Waals surface area contributed by atoms with Crippen molar-refractivity contribution in [3.8, 4) is 6.07 Å². The quantitative estimate of drug-likeness (QED) is 0.816.